The number of carbonyl (C=O) groups excluding carboxylic acids is 1. The van der Waals surface area contributed by atoms with Crippen molar-refractivity contribution in [1.82, 2.24) is 14.8 Å². The lowest BCUT2D eigenvalue weighted by atomic mass is 10.2. The summed E-state index contributed by atoms with van der Waals surface area (Å²) in [4.78, 5) is 12.1. The summed E-state index contributed by atoms with van der Waals surface area (Å²) in [7, 11) is 0. The molecule has 1 heterocycles. The number of nitrogens with zero attached hydrogens (tertiary/aromatic N) is 3. The molecule has 1 N–H and O–H groups in total. The molecule has 0 aliphatic carbocycles. The van der Waals surface area contributed by atoms with Crippen molar-refractivity contribution >= 4 is 46.6 Å². The van der Waals surface area contributed by atoms with E-state index in [9.17, 15) is 13.6 Å². The van der Waals surface area contributed by atoms with Gasteiger partial charge in [-0.2, -0.15) is 0 Å². The van der Waals surface area contributed by atoms with E-state index in [-0.39, 0.29) is 11.4 Å². The molecule has 5 nitrogen and oxygen atoms in total. The molecule has 1 amide bonds. The number of benzene rings is 2. The third-order valence-corrected chi connectivity index (χ3v) is 5.45. The summed E-state index contributed by atoms with van der Waals surface area (Å²) in [6, 6.07) is 8.10. The molecule has 10 heteroatoms. The van der Waals surface area contributed by atoms with Crippen LogP contribution in [-0.2, 0) is 11.3 Å². The van der Waals surface area contributed by atoms with Gasteiger partial charge in [-0.05, 0) is 37.3 Å². The molecule has 0 radical (unpaired) electrons. The predicted molar refractivity (Wildman–Crippen MR) is 107 cm³/mol. The molecule has 0 bridgehead atoms. The maximum Gasteiger partial charge on any atom is 0.234 e. The standard InChI is InChI=1S/C18H14Cl2F2N4OS/c1-2-26-17(10-3-5-12(19)13(20)7-10)24-25-18(26)28-9-16(27)23-15-6-4-11(21)8-14(15)22/h3-8H,2,9H2,1H3,(H,23,27). The highest BCUT2D eigenvalue weighted by atomic mass is 35.5. The molecule has 3 rings (SSSR count). The molecule has 0 saturated heterocycles. The number of hydrogen-bond donors (Lipinski definition) is 1. The monoisotopic (exact) mass is 442 g/mol. The van der Waals surface area contributed by atoms with E-state index in [2.05, 4.69) is 15.5 Å². The Hall–Kier alpha value is -2.16. The number of amides is 1. The summed E-state index contributed by atoms with van der Waals surface area (Å²) in [6.45, 7) is 2.49. The largest absolute Gasteiger partial charge is 0.323 e. The first kappa shape index (κ1) is 20.6. The third kappa shape index (κ3) is 4.63. The summed E-state index contributed by atoms with van der Waals surface area (Å²) >= 11 is 13.2. The van der Waals surface area contributed by atoms with Crippen LogP contribution in [0.15, 0.2) is 41.6 Å². The van der Waals surface area contributed by atoms with E-state index in [1.54, 1.807) is 18.2 Å². The van der Waals surface area contributed by atoms with Gasteiger partial charge in [-0.25, -0.2) is 8.78 Å². The molecule has 0 aliphatic rings. The van der Waals surface area contributed by atoms with Gasteiger partial charge in [0, 0.05) is 18.2 Å². The molecule has 146 valence electrons. The van der Waals surface area contributed by atoms with Gasteiger partial charge < -0.3 is 9.88 Å². The minimum atomic E-state index is -0.836. The SMILES string of the molecule is CCn1c(SCC(=O)Nc2ccc(F)cc2F)nnc1-c1ccc(Cl)c(Cl)c1. The van der Waals surface area contributed by atoms with E-state index in [0.717, 1.165) is 23.4 Å². The zero-order valence-electron chi connectivity index (χ0n) is 14.5. The number of halogens is 4. The highest BCUT2D eigenvalue weighted by molar-refractivity contribution is 7.99. The smallest absolute Gasteiger partial charge is 0.234 e. The van der Waals surface area contributed by atoms with E-state index in [0.29, 0.717) is 33.6 Å². The van der Waals surface area contributed by atoms with Crippen molar-refractivity contribution in [3.63, 3.8) is 0 Å². The first-order valence-electron chi connectivity index (χ1n) is 8.15. The van der Waals surface area contributed by atoms with E-state index < -0.39 is 17.5 Å². The average Bonchev–Trinajstić information content (AvgIpc) is 3.07. The average molecular weight is 443 g/mol. The van der Waals surface area contributed by atoms with Crippen molar-refractivity contribution < 1.29 is 13.6 Å². The van der Waals surface area contributed by atoms with Crippen molar-refractivity contribution in [2.45, 2.75) is 18.6 Å². The number of rotatable bonds is 6. The van der Waals surface area contributed by atoms with Gasteiger partial charge in [-0.15, -0.1) is 10.2 Å². The minimum absolute atomic E-state index is 0.0175. The summed E-state index contributed by atoms with van der Waals surface area (Å²) in [5, 5.41) is 12.1. The first-order valence-corrected chi connectivity index (χ1v) is 9.89. The normalized spacial score (nSPS) is 10.9. The van der Waals surface area contributed by atoms with Crippen LogP contribution in [-0.4, -0.2) is 26.4 Å². The zero-order chi connectivity index (χ0) is 20.3. The van der Waals surface area contributed by atoms with Gasteiger partial charge >= 0.3 is 0 Å². The van der Waals surface area contributed by atoms with Crippen molar-refractivity contribution in [1.29, 1.82) is 0 Å². The summed E-state index contributed by atoms with van der Waals surface area (Å²) < 4.78 is 28.4. The van der Waals surface area contributed by atoms with Crippen LogP contribution in [0.5, 0.6) is 0 Å². The Kier molecular flexibility index (Phi) is 6.53. The molecule has 0 aliphatic heterocycles. The Morgan fingerprint density at radius 1 is 1.14 bits per heavy atom. The van der Waals surface area contributed by atoms with Crippen LogP contribution in [0.1, 0.15) is 6.92 Å². The number of thioether (sulfide) groups is 1. The van der Waals surface area contributed by atoms with Gasteiger partial charge in [0.1, 0.15) is 11.6 Å². The van der Waals surface area contributed by atoms with Gasteiger partial charge in [-0.3, -0.25) is 4.79 Å². The number of hydrogen-bond acceptors (Lipinski definition) is 4. The molecule has 0 atom stereocenters. The Morgan fingerprint density at radius 3 is 2.61 bits per heavy atom. The Morgan fingerprint density at radius 2 is 1.93 bits per heavy atom. The molecule has 28 heavy (non-hydrogen) atoms. The lowest BCUT2D eigenvalue weighted by molar-refractivity contribution is -0.113. The van der Waals surface area contributed by atoms with Crippen molar-refractivity contribution in [2.75, 3.05) is 11.1 Å². The topological polar surface area (TPSA) is 59.8 Å². The van der Waals surface area contributed by atoms with Gasteiger partial charge in [0.05, 0.1) is 21.5 Å². The second-order valence-corrected chi connectivity index (χ2v) is 7.40. The predicted octanol–water partition coefficient (Wildman–Crippen LogP) is 5.28. The molecule has 0 saturated carbocycles. The highest BCUT2D eigenvalue weighted by Gasteiger charge is 2.16. The molecule has 2 aromatic carbocycles. The number of anilines is 1. The molecule has 3 aromatic rings. The summed E-state index contributed by atoms with van der Waals surface area (Å²) in [6.07, 6.45) is 0. The van der Waals surface area contributed by atoms with Gasteiger partial charge in [0.15, 0.2) is 11.0 Å². The van der Waals surface area contributed by atoms with Crippen molar-refractivity contribution in [3.05, 3.63) is 58.1 Å². The van der Waals surface area contributed by atoms with Crippen LogP contribution in [0.3, 0.4) is 0 Å². The van der Waals surface area contributed by atoms with Gasteiger partial charge in [0.2, 0.25) is 5.91 Å². The lowest BCUT2D eigenvalue weighted by Gasteiger charge is -2.09. The fraction of sp³-hybridized carbons (Fsp3) is 0.167. The Balaban J connectivity index is 1.71. The fourth-order valence-corrected chi connectivity index (χ4v) is 3.54. The fourth-order valence-electron chi connectivity index (χ4n) is 2.44. The Labute approximate surface area is 174 Å². The van der Waals surface area contributed by atoms with Crippen LogP contribution in [0, 0.1) is 11.6 Å². The summed E-state index contributed by atoms with van der Waals surface area (Å²) in [5.74, 6) is -1.42. The van der Waals surface area contributed by atoms with E-state index in [1.807, 2.05) is 11.5 Å². The minimum Gasteiger partial charge on any atom is -0.323 e. The number of aromatic nitrogens is 3. The second-order valence-electron chi connectivity index (χ2n) is 5.64. The highest BCUT2D eigenvalue weighted by Crippen LogP contribution is 2.29. The van der Waals surface area contributed by atoms with E-state index >= 15 is 0 Å². The molecular formula is C18H14Cl2F2N4OS. The van der Waals surface area contributed by atoms with E-state index in [4.69, 9.17) is 23.2 Å². The Bertz CT molecular complexity index is 1030. The van der Waals surface area contributed by atoms with Crippen LogP contribution < -0.4 is 5.32 Å². The molecule has 0 spiro atoms. The molecule has 1 aromatic heterocycles. The third-order valence-electron chi connectivity index (χ3n) is 3.75. The first-order chi connectivity index (χ1) is 13.4. The van der Waals surface area contributed by atoms with Crippen molar-refractivity contribution in [3.8, 4) is 11.4 Å². The summed E-state index contributed by atoms with van der Waals surface area (Å²) in [5.41, 5.74) is 0.661. The second kappa shape index (κ2) is 8.89. The van der Waals surface area contributed by atoms with Gasteiger partial charge in [0.25, 0.3) is 0 Å². The van der Waals surface area contributed by atoms with E-state index in [1.165, 1.54) is 6.07 Å². The quantitative estimate of drug-likeness (QED) is 0.527. The molecule has 0 unspecified atom stereocenters. The van der Waals surface area contributed by atoms with Crippen LogP contribution in [0.4, 0.5) is 14.5 Å². The zero-order valence-corrected chi connectivity index (χ0v) is 16.9. The van der Waals surface area contributed by atoms with Gasteiger partial charge in [-0.1, -0.05) is 35.0 Å². The molecular weight excluding hydrogens is 429 g/mol. The molecule has 0 fully saturated rings. The van der Waals surface area contributed by atoms with Crippen LogP contribution >= 0.6 is 35.0 Å². The number of nitrogens with one attached hydrogen (secondary N) is 1. The van der Waals surface area contributed by atoms with Crippen LogP contribution in [0.25, 0.3) is 11.4 Å². The lowest BCUT2D eigenvalue weighted by Crippen LogP contribution is -2.15. The van der Waals surface area contributed by atoms with Crippen LogP contribution in [0.2, 0.25) is 10.0 Å². The number of carbonyl (C=O) groups is 1. The van der Waals surface area contributed by atoms with Crippen molar-refractivity contribution in [2.24, 2.45) is 0 Å². The maximum absolute atomic E-state index is 13.6. The maximum atomic E-state index is 13.6.